The third kappa shape index (κ3) is 4.21. The molecule has 0 saturated carbocycles. The quantitative estimate of drug-likeness (QED) is 0.295. The zero-order valence-corrected chi connectivity index (χ0v) is 8.45. The van der Waals surface area contributed by atoms with E-state index in [9.17, 15) is 14.4 Å². The molecule has 0 saturated heterocycles. The first-order valence-corrected chi connectivity index (χ1v) is 3.89. The highest BCUT2D eigenvalue weighted by atomic mass is 16.4. The lowest BCUT2D eigenvalue weighted by molar-refractivity contribution is -0.155. The molecule has 0 rings (SSSR count). The van der Waals surface area contributed by atoms with Crippen molar-refractivity contribution in [3.05, 3.63) is 0 Å². The highest BCUT2D eigenvalue weighted by Gasteiger charge is 2.46. The third-order valence-electron chi connectivity index (χ3n) is 1.66. The van der Waals surface area contributed by atoms with E-state index in [1.165, 1.54) is 0 Å². The largest absolute Gasteiger partial charge is 0.481 e. The van der Waals surface area contributed by atoms with Crippen LogP contribution in [-0.4, -0.2) is 57.0 Å². The van der Waals surface area contributed by atoms with Crippen molar-refractivity contribution in [3.63, 3.8) is 0 Å². The van der Waals surface area contributed by atoms with Gasteiger partial charge in [-0.1, -0.05) is 0 Å². The van der Waals surface area contributed by atoms with Crippen LogP contribution in [0.25, 0.3) is 0 Å². The SMILES string of the molecule is CO.NC(C(=O)O)C(N)(CC(=O)O)C(=O)O. The molecule has 0 heterocycles. The molecule has 94 valence electrons. The summed E-state index contributed by atoms with van der Waals surface area (Å²) in [5.74, 6) is -4.97. The molecule has 0 amide bonds. The Morgan fingerprint density at radius 3 is 1.75 bits per heavy atom. The number of carbonyl (C=O) groups is 3. The number of hydrogen-bond donors (Lipinski definition) is 6. The van der Waals surface area contributed by atoms with Crippen molar-refractivity contribution >= 4 is 17.9 Å². The summed E-state index contributed by atoms with van der Waals surface area (Å²) in [4.78, 5) is 31.2. The summed E-state index contributed by atoms with van der Waals surface area (Å²) in [6, 6.07) is -1.98. The van der Waals surface area contributed by atoms with Gasteiger partial charge in [0.05, 0.1) is 6.42 Å². The summed E-state index contributed by atoms with van der Waals surface area (Å²) in [6.07, 6.45) is -1.06. The Kier molecular flexibility index (Phi) is 7.01. The number of nitrogens with two attached hydrogens (primary N) is 2. The van der Waals surface area contributed by atoms with Crippen LogP contribution in [0.1, 0.15) is 6.42 Å². The minimum atomic E-state index is -2.50. The Morgan fingerprint density at radius 2 is 1.56 bits per heavy atom. The van der Waals surface area contributed by atoms with Gasteiger partial charge in [0.25, 0.3) is 0 Å². The fraction of sp³-hybridized carbons (Fsp3) is 0.571. The van der Waals surface area contributed by atoms with Crippen molar-refractivity contribution in [2.75, 3.05) is 7.11 Å². The van der Waals surface area contributed by atoms with E-state index in [0.29, 0.717) is 0 Å². The third-order valence-corrected chi connectivity index (χ3v) is 1.66. The molecule has 0 bridgehead atoms. The second-order valence-electron chi connectivity index (χ2n) is 2.73. The molecule has 0 fully saturated rings. The molecule has 16 heavy (non-hydrogen) atoms. The number of carboxylic acids is 3. The van der Waals surface area contributed by atoms with E-state index in [2.05, 4.69) is 0 Å². The Labute approximate surface area is 90.3 Å². The van der Waals surface area contributed by atoms with Gasteiger partial charge in [0.15, 0.2) is 5.54 Å². The Balaban J connectivity index is 0. The van der Waals surface area contributed by atoms with Crippen molar-refractivity contribution in [2.45, 2.75) is 18.0 Å². The molecule has 0 aromatic carbocycles. The predicted octanol–water partition coefficient (Wildman–Crippen LogP) is -2.74. The maximum atomic E-state index is 10.6. The molecule has 0 aromatic heterocycles. The molecular formula is C7H14N2O7. The number of aliphatic carboxylic acids is 3. The van der Waals surface area contributed by atoms with Gasteiger partial charge in [0, 0.05) is 7.11 Å². The average Bonchev–Trinajstić information content (AvgIpc) is 2.18. The number of aliphatic hydroxyl groups is 1. The second kappa shape index (κ2) is 6.71. The summed E-state index contributed by atoms with van der Waals surface area (Å²) in [5.41, 5.74) is 7.57. The topological polar surface area (TPSA) is 184 Å². The zero-order valence-electron chi connectivity index (χ0n) is 8.45. The number of aliphatic hydroxyl groups excluding tert-OH is 1. The predicted molar refractivity (Wildman–Crippen MR) is 50.6 cm³/mol. The van der Waals surface area contributed by atoms with E-state index >= 15 is 0 Å². The van der Waals surface area contributed by atoms with Crippen LogP contribution < -0.4 is 11.5 Å². The standard InChI is InChI=1S/C6H10N2O6.CH4O/c7-3(4(11)12)6(8,5(13)14)1-2(9)10;1-2/h3H,1,7-8H2,(H,9,10)(H,11,12)(H,13,14);2H,1H3. The molecule has 8 N–H and O–H groups in total. The molecule has 0 aliphatic carbocycles. The van der Waals surface area contributed by atoms with Crippen molar-refractivity contribution in [2.24, 2.45) is 11.5 Å². The highest BCUT2D eigenvalue weighted by molar-refractivity contribution is 5.92. The van der Waals surface area contributed by atoms with E-state index in [1.807, 2.05) is 0 Å². The average molecular weight is 238 g/mol. The van der Waals surface area contributed by atoms with Crippen LogP contribution in [0.15, 0.2) is 0 Å². The van der Waals surface area contributed by atoms with Gasteiger partial charge in [0.2, 0.25) is 0 Å². The van der Waals surface area contributed by atoms with E-state index in [4.69, 9.17) is 31.9 Å². The first-order valence-electron chi connectivity index (χ1n) is 3.89. The highest BCUT2D eigenvalue weighted by Crippen LogP contribution is 2.11. The number of hydrogen-bond acceptors (Lipinski definition) is 6. The summed E-state index contributed by atoms with van der Waals surface area (Å²) < 4.78 is 0. The second-order valence-corrected chi connectivity index (χ2v) is 2.73. The van der Waals surface area contributed by atoms with Gasteiger partial charge < -0.3 is 31.9 Å². The fourth-order valence-electron chi connectivity index (χ4n) is 0.789. The van der Waals surface area contributed by atoms with Crippen molar-refractivity contribution in [3.8, 4) is 0 Å². The number of carboxylic acid groups (broad SMARTS) is 3. The first kappa shape index (κ1) is 16.7. The van der Waals surface area contributed by atoms with Gasteiger partial charge in [-0.15, -0.1) is 0 Å². The van der Waals surface area contributed by atoms with E-state index in [1.54, 1.807) is 0 Å². The summed E-state index contributed by atoms with van der Waals surface area (Å²) in [5, 5.41) is 32.3. The molecule has 0 aromatic rings. The monoisotopic (exact) mass is 238 g/mol. The molecular weight excluding hydrogens is 224 g/mol. The fourth-order valence-corrected chi connectivity index (χ4v) is 0.789. The molecule has 0 aliphatic heterocycles. The van der Waals surface area contributed by atoms with Gasteiger partial charge in [-0.3, -0.25) is 14.4 Å². The minimum absolute atomic E-state index is 1.00. The molecule has 9 heteroatoms. The van der Waals surface area contributed by atoms with Gasteiger partial charge >= 0.3 is 17.9 Å². The summed E-state index contributed by atoms with van der Waals surface area (Å²) in [6.45, 7) is 0. The number of rotatable bonds is 5. The van der Waals surface area contributed by atoms with E-state index in [0.717, 1.165) is 7.11 Å². The van der Waals surface area contributed by atoms with Crippen LogP contribution in [0.4, 0.5) is 0 Å². The van der Waals surface area contributed by atoms with Crippen LogP contribution in [-0.2, 0) is 14.4 Å². The molecule has 2 unspecified atom stereocenters. The lowest BCUT2D eigenvalue weighted by atomic mass is 9.88. The van der Waals surface area contributed by atoms with Crippen LogP contribution in [0.3, 0.4) is 0 Å². The van der Waals surface area contributed by atoms with Crippen LogP contribution in [0.5, 0.6) is 0 Å². The van der Waals surface area contributed by atoms with E-state index < -0.39 is 35.9 Å². The van der Waals surface area contributed by atoms with Crippen molar-refractivity contribution in [1.29, 1.82) is 0 Å². The van der Waals surface area contributed by atoms with Crippen molar-refractivity contribution in [1.82, 2.24) is 0 Å². The Bertz CT molecular complexity index is 280. The summed E-state index contributed by atoms with van der Waals surface area (Å²) in [7, 11) is 1.00. The smallest absolute Gasteiger partial charge is 0.326 e. The lowest BCUT2D eigenvalue weighted by Crippen LogP contribution is -2.64. The van der Waals surface area contributed by atoms with Crippen LogP contribution in [0.2, 0.25) is 0 Å². The first-order chi connectivity index (χ1) is 7.21. The minimum Gasteiger partial charge on any atom is -0.481 e. The lowest BCUT2D eigenvalue weighted by Gasteiger charge is -2.26. The normalized spacial score (nSPS) is 15.0. The van der Waals surface area contributed by atoms with Crippen LogP contribution >= 0.6 is 0 Å². The maximum Gasteiger partial charge on any atom is 0.326 e. The van der Waals surface area contributed by atoms with Gasteiger partial charge in [0.1, 0.15) is 6.04 Å². The molecule has 9 nitrogen and oxygen atoms in total. The molecule has 0 spiro atoms. The van der Waals surface area contributed by atoms with Gasteiger partial charge in [-0.25, -0.2) is 0 Å². The Hall–Kier alpha value is -1.71. The summed E-state index contributed by atoms with van der Waals surface area (Å²) >= 11 is 0. The van der Waals surface area contributed by atoms with Gasteiger partial charge in [-0.05, 0) is 0 Å². The van der Waals surface area contributed by atoms with E-state index in [-0.39, 0.29) is 0 Å². The maximum absolute atomic E-state index is 10.6. The van der Waals surface area contributed by atoms with Crippen molar-refractivity contribution < 1.29 is 34.8 Å². The Morgan fingerprint density at radius 1 is 1.19 bits per heavy atom. The molecule has 0 radical (unpaired) electrons. The zero-order chi connectivity index (χ0) is 13.5. The molecule has 0 aliphatic rings. The molecule has 2 atom stereocenters. The van der Waals surface area contributed by atoms with Gasteiger partial charge in [-0.2, -0.15) is 0 Å². The van der Waals surface area contributed by atoms with Crippen LogP contribution in [0, 0.1) is 0 Å².